The Labute approximate surface area is 119 Å². The molecule has 0 aliphatic carbocycles. The third kappa shape index (κ3) is 3.51. The SMILES string of the molecule is CCOc1ccc(NS(=O)(=O)c2c[nH]c(=O)[nH]c2=O)cc1. The van der Waals surface area contributed by atoms with E-state index in [1.165, 1.54) is 12.1 Å². The predicted octanol–water partition coefficient (Wildman–Crippen LogP) is 0.263. The minimum atomic E-state index is -4.09. The van der Waals surface area contributed by atoms with E-state index in [2.05, 4.69) is 9.71 Å². The van der Waals surface area contributed by atoms with Gasteiger partial charge >= 0.3 is 5.69 Å². The van der Waals surface area contributed by atoms with E-state index >= 15 is 0 Å². The smallest absolute Gasteiger partial charge is 0.325 e. The lowest BCUT2D eigenvalue weighted by atomic mass is 10.3. The van der Waals surface area contributed by atoms with Gasteiger partial charge in [-0.15, -0.1) is 0 Å². The molecule has 2 rings (SSSR count). The van der Waals surface area contributed by atoms with Crippen molar-refractivity contribution in [1.82, 2.24) is 9.97 Å². The van der Waals surface area contributed by atoms with E-state index in [1.54, 1.807) is 12.1 Å². The normalized spacial score (nSPS) is 11.1. The molecular formula is C12H13N3O5S. The molecule has 0 unspecified atom stereocenters. The molecule has 0 fully saturated rings. The number of H-pyrrole nitrogens is 2. The zero-order chi connectivity index (χ0) is 15.5. The summed E-state index contributed by atoms with van der Waals surface area (Å²) in [4.78, 5) is 25.8. The van der Waals surface area contributed by atoms with Crippen molar-refractivity contribution in [2.75, 3.05) is 11.3 Å². The molecule has 9 heteroatoms. The average Bonchev–Trinajstić information content (AvgIpc) is 2.40. The Morgan fingerprint density at radius 2 is 1.86 bits per heavy atom. The number of anilines is 1. The lowest BCUT2D eigenvalue weighted by Crippen LogP contribution is -2.29. The van der Waals surface area contributed by atoms with Crippen LogP contribution in [0.1, 0.15) is 6.92 Å². The maximum absolute atomic E-state index is 12.1. The molecule has 0 aliphatic heterocycles. The summed E-state index contributed by atoms with van der Waals surface area (Å²) in [7, 11) is -4.09. The van der Waals surface area contributed by atoms with Crippen LogP contribution in [0.15, 0.2) is 44.9 Å². The first-order valence-electron chi connectivity index (χ1n) is 6.00. The maximum Gasteiger partial charge on any atom is 0.325 e. The lowest BCUT2D eigenvalue weighted by molar-refractivity contribution is 0.340. The highest BCUT2D eigenvalue weighted by atomic mass is 32.2. The van der Waals surface area contributed by atoms with Gasteiger partial charge in [-0.2, -0.15) is 0 Å². The van der Waals surface area contributed by atoms with Gasteiger partial charge in [0.1, 0.15) is 5.75 Å². The molecule has 3 N–H and O–H groups in total. The summed E-state index contributed by atoms with van der Waals surface area (Å²) >= 11 is 0. The molecule has 1 aromatic heterocycles. The Hall–Kier alpha value is -2.55. The molecule has 21 heavy (non-hydrogen) atoms. The molecule has 0 bridgehead atoms. The maximum atomic E-state index is 12.1. The van der Waals surface area contributed by atoms with Gasteiger partial charge in [0.15, 0.2) is 4.90 Å². The van der Waals surface area contributed by atoms with Crippen molar-refractivity contribution in [3.8, 4) is 5.75 Å². The number of aromatic nitrogens is 2. The Kier molecular flexibility index (Phi) is 4.13. The van der Waals surface area contributed by atoms with Crippen LogP contribution >= 0.6 is 0 Å². The molecule has 1 heterocycles. The standard InChI is InChI=1S/C12H13N3O5S/c1-2-20-9-5-3-8(4-6-9)15-21(18,19)10-7-13-12(17)14-11(10)16/h3-7,15H,2H2,1H3,(H2,13,14,16,17). The Morgan fingerprint density at radius 3 is 2.43 bits per heavy atom. The first kappa shape index (κ1) is 14.9. The van der Waals surface area contributed by atoms with Gasteiger partial charge in [0, 0.05) is 11.9 Å². The van der Waals surface area contributed by atoms with Crippen molar-refractivity contribution in [3.63, 3.8) is 0 Å². The number of hydrogen-bond donors (Lipinski definition) is 3. The molecule has 0 saturated heterocycles. The molecule has 0 spiro atoms. The third-order valence-electron chi connectivity index (χ3n) is 2.49. The highest BCUT2D eigenvalue weighted by Gasteiger charge is 2.18. The van der Waals surface area contributed by atoms with Gasteiger partial charge in [-0.1, -0.05) is 0 Å². The zero-order valence-corrected chi connectivity index (χ0v) is 11.9. The minimum Gasteiger partial charge on any atom is -0.494 e. The van der Waals surface area contributed by atoms with Gasteiger partial charge in [0.25, 0.3) is 15.6 Å². The Balaban J connectivity index is 2.28. The van der Waals surface area contributed by atoms with Crippen LogP contribution in [-0.4, -0.2) is 25.0 Å². The molecule has 0 aliphatic rings. The molecular weight excluding hydrogens is 298 g/mol. The highest BCUT2D eigenvalue weighted by molar-refractivity contribution is 7.92. The average molecular weight is 311 g/mol. The van der Waals surface area contributed by atoms with Crippen LogP contribution in [0.5, 0.6) is 5.75 Å². The first-order valence-corrected chi connectivity index (χ1v) is 7.48. The fraction of sp³-hybridized carbons (Fsp3) is 0.167. The van der Waals surface area contributed by atoms with Crippen molar-refractivity contribution < 1.29 is 13.2 Å². The van der Waals surface area contributed by atoms with Gasteiger partial charge in [-0.05, 0) is 31.2 Å². The highest BCUT2D eigenvalue weighted by Crippen LogP contribution is 2.17. The van der Waals surface area contributed by atoms with Gasteiger partial charge in [0.2, 0.25) is 0 Å². The van der Waals surface area contributed by atoms with E-state index in [0.717, 1.165) is 6.20 Å². The zero-order valence-electron chi connectivity index (χ0n) is 11.0. The third-order valence-corrected chi connectivity index (χ3v) is 3.88. The van der Waals surface area contributed by atoms with E-state index in [9.17, 15) is 18.0 Å². The molecule has 0 radical (unpaired) electrons. The summed E-state index contributed by atoms with van der Waals surface area (Å²) in [5, 5.41) is 0. The van der Waals surface area contributed by atoms with Crippen LogP contribution in [0.25, 0.3) is 0 Å². The van der Waals surface area contributed by atoms with Gasteiger partial charge in [-0.25, -0.2) is 13.2 Å². The van der Waals surface area contributed by atoms with Crippen LogP contribution < -0.4 is 20.7 Å². The number of sulfonamides is 1. The molecule has 0 atom stereocenters. The monoisotopic (exact) mass is 311 g/mol. The molecule has 8 nitrogen and oxygen atoms in total. The topological polar surface area (TPSA) is 121 Å². The minimum absolute atomic E-state index is 0.268. The summed E-state index contributed by atoms with van der Waals surface area (Å²) < 4.78 is 31.6. The second kappa shape index (κ2) is 5.83. The van der Waals surface area contributed by atoms with Crippen molar-refractivity contribution in [2.24, 2.45) is 0 Å². The van der Waals surface area contributed by atoms with Crippen LogP contribution in [0.4, 0.5) is 5.69 Å². The Bertz CT molecular complexity index is 836. The molecule has 0 saturated carbocycles. The number of hydrogen-bond acceptors (Lipinski definition) is 5. The summed E-state index contributed by atoms with van der Waals surface area (Å²) in [5.74, 6) is 0.599. The van der Waals surface area contributed by atoms with Crippen LogP contribution in [0.2, 0.25) is 0 Å². The van der Waals surface area contributed by atoms with Crippen molar-refractivity contribution in [3.05, 3.63) is 51.3 Å². The summed E-state index contributed by atoms with van der Waals surface area (Å²) in [6.07, 6.45) is 0.845. The number of benzene rings is 1. The van der Waals surface area contributed by atoms with Gasteiger partial charge in [-0.3, -0.25) is 14.5 Å². The molecule has 2 aromatic rings. The fourth-order valence-corrected chi connectivity index (χ4v) is 2.66. The predicted molar refractivity (Wildman–Crippen MR) is 76.1 cm³/mol. The Morgan fingerprint density at radius 1 is 1.19 bits per heavy atom. The number of nitrogens with one attached hydrogen (secondary N) is 3. The van der Waals surface area contributed by atoms with Crippen molar-refractivity contribution in [2.45, 2.75) is 11.8 Å². The van der Waals surface area contributed by atoms with E-state index < -0.39 is 26.2 Å². The quantitative estimate of drug-likeness (QED) is 0.731. The van der Waals surface area contributed by atoms with Crippen LogP contribution in [0.3, 0.4) is 0 Å². The second-order valence-corrected chi connectivity index (χ2v) is 5.65. The lowest BCUT2D eigenvalue weighted by Gasteiger charge is -2.08. The molecule has 1 aromatic carbocycles. The number of ether oxygens (including phenoxy) is 1. The molecule has 0 amide bonds. The van der Waals surface area contributed by atoms with E-state index in [-0.39, 0.29) is 5.69 Å². The van der Waals surface area contributed by atoms with Crippen molar-refractivity contribution in [1.29, 1.82) is 0 Å². The fourth-order valence-electron chi connectivity index (χ4n) is 1.59. The van der Waals surface area contributed by atoms with E-state index in [0.29, 0.717) is 12.4 Å². The van der Waals surface area contributed by atoms with Crippen LogP contribution in [0, 0.1) is 0 Å². The number of aromatic amines is 2. The van der Waals surface area contributed by atoms with E-state index in [4.69, 9.17) is 4.74 Å². The molecule has 112 valence electrons. The van der Waals surface area contributed by atoms with Crippen LogP contribution in [-0.2, 0) is 10.0 Å². The summed E-state index contributed by atoms with van der Waals surface area (Å²) in [6, 6.07) is 6.20. The second-order valence-electron chi connectivity index (χ2n) is 4.00. The van der Waals surface area contributed by atoms with Gasteiger partial charge in [0.05, 0.1) is 6.61 Å². The van der Waals surface area contributed by atoms with Gasteiger partial charge < -0.3 is 9.72 Å². The summed E-state index contributed by atoms with van der Waals surface area (Å²) in [6.45, 7) is 2.33. The van der Waals surface area contributed by atoms with E-state index in [1.807, 2.05) is 11.9 Å². The first-order chi connectivity index (χ1) is 9.92. The summed E-state index contributed by atoms with van der Waals surface area (Å²) in [5.41, 5.74) is -1.50. The number of rotatable bonds is 5. The van der Waals surface area contributed by atoms with Crippen molar-refractivity contribution >= 4 is 15.7 Å². The largest absolute Gasteiger partial charge is 0.494 e.